The molecule has 2 nitrogen and oxygen atoms in total. The minimum atomic E-state index is 0.463. The summed E-state index contributed by atoms with van der Waals surface area (Å²) in [5, 5.41) is 4.77. The van der Waals surface area contributed by atoms with Crippen LogP contribution in [-0.2, 0) is 0 Å². The van der Waals surface area contributed by atoms with Crippen molar-refractivity contribution in [3.63, 3.8) is 0 Å². The second-order valence-electron chi connectivity index (χ2n) is 6.23. The van der Waals surface area contributed by atoms with Crippen LogP contribution in [0.15, 0.2) is 18.2 Å². The molecular formula is C18H27NOS. The molecule has 0 aromatic heterocycles. The summed E-state index contributed by atoms with van der Waals surface area (Å²) in [6.07, 6.45) is 6.41. The fourth-order valence-electron chi connectivity index (χ4n) is 3.73. The monoisotopic (exact) mass is 305 g/mol. The molecule has 1 aliphatic heterocycles. The first-order valence-electron chi connectivity index (χ1n) is 8.39. The average molecular weight is 305 g/mol. The smallest absolute Gasteiger partial charge is 0.126 e. The Morgan fingerprint density at radius 3 is 3.00 bits per heavy atom. The number of para-hydroxylation sites is 1. The summed E-state index contributed by atoms with van der Waals surface area (Å²) in [6, 6.07) is 7.72. The number of hydrogen-bond donors (Lipinski definition) is 1. The Balaban J connectivity index is 1.78. The minimum absolute atomic E-state index is 0.463. The zero-order chi connectivity index (χ0) is 14.7. The maximum atomic E-state index is 6.00. The highest BCUT2D eigenvalue weighted by Crippen LogP contribution is 2.37. The molecule has 1 heterocycles. The molecule has 1 fully saturated rings. The molecule has 0 amide bonds. The molecule has 116 valence electrons. The fourth-order valence-corrected chi connectivity index (χ4v) is 4.93. The largest absolute Gasteiger partial charge is 0.493 e. The molecule has 0 bridgehead atoms. The molecule has 3 unspecified atom stereocenters. The third kappa shape index (κ3) is 3.40. The summed E-state index contributed by atoms with van der Waals surface area (Å²) in [7, 11) is 0. The molecule has 3 heteroatoms. The lowest BCUT2D eigenvalue weighted by molar-refractivity contribution is 0.312. The van der Waals surface area contributed by atoms with Crippen LogP contribution in [0, 0.1) is 6.92 Å². The first-order valence-corrected chi connectivity index (χ1v) is 9.44. The molecule has 1 aliphatic carbocycles. The zero-order valence-electron chi connectivity index (χ0n) is 13.2. The van der Waals surface area contributed by atoms with Gasteiger partial charge in [0.1, 0.15) is 5.75 Å². The van der Waals surface area contributed by atoms with Crippen molar-refractivity contribution in [3.8, 4) is 5.75 Å². The van der Waals surface area contributed by atoms with Crippen LogP contribution >= 0.6 is 11.8 Å². The van der Waals surface area contributed by atoms with Crippen molar-refractivity contribution in [1.29, 1.82) is 0 Å². The molecule has 1 aromatic rings. The second kappa shape index (κ2) is 7.06. The third-order valence-electron chi connectivity index (χ3n) is 4.75. The van der Waals surface area contributed by atoms with Gasteiger partial charge in [-0.2, -0.15) is 11.8 Å². The molecule has 1 aromatic carbocycles. The van der Waals surface area contributed by atoms with Gasteiger partial charge in [-0.15, -0.1) is 0 Å². The van der Waals surface area contributed by atoms with Gasteiger partial charge in [-0.1, -0.05) is 31.5 Å². The standard InChI is InChI=1S/C18H27NOS/c1-3-21-17-11-5-9-16(17)19-15-10-6-12-20-18-13(2)7-4-8-14(15)18/h4,7-8,15-17,19H,3,5-6,9-12H2,1-2H3. The summed E-state index contributed by atoms with van der Waals surface area (Å²) >= 11 is 2.13. The Bertz CT molecular complexity index is 476. The first-order chi connectivity index (χ1) is 10.3. The maximum absolute atomic E-state index is 6.00. The summed E-state index contributed by atoms with van der Waals surface area (Å²) < 4.78 is 6.00. The van der Waals surface area contributed by atoms with Gasteiger partial charge >= 0.3 is 0 Å². The summed E-state index contributed by atoms with van der Waals surface area (Å²) in [6.45, 7) is 5.29. The van der Waals surface area contributed by atoms with E-state index in [4.69, 9.17) is 4.74 Å². The highest BCUT2D eigenvalue weighted by Gasteiger charge is 2.30. The highest BCUT2D eigenvalue weighted by molar-refractivity contribution is 7.99. The van der Waals surface area contributed by atoms with Gasteiger partial charge in [-0.05, 0) is 43.9 Å². The van der Waals surface area contributed by atoms with Crippen molar-refractivity contribution in [1.82, 2.24) is 5.32 Å². The van der Waals surface area contributed by atoms with Crippen LogP contribution in [-0.4, -0.2) is 23.7 Å². The van der Waals surface area contributed by atoms with Crippen LogP contribution in [0.25, 0.3) is 0 Å². The lowest BCUT2D eigenvalue weighted by Gasteiger charge is -2.27. The van der Waals surface area contributed by atoms with Crippen molar-refractivity contribution in [3.05, 3.63) is 29.3 Å². The van der Waals surface area contributed by atoms with Gasteiger partial charge in [0, 0.05) is 22.9 Å². The molecule has 3 atom stereocenters. The van der Waals surface area contributed by atoms with Crippen LogP contribution in [0.5, 0.6) is 5.75 Å². The van der Waals surface area contributed by atoms with E-state index in [2.05, 4.69) is 49.1 Å². The Kier molecular flexibility index (Phi) is 5.12. The third-order valence-corrected chi connectivity index (χ3v) is 6.08. The molecule has 0 saturated heterocycles. The Morgan fingerprint density at radius 1 is 1.24 bits per heavy atom. The van der Waals surface area contributed by atoms with E-state index in [-0.39, 0.29) is 0 Å². The number of nitrogens with one attached hydrogen (secondary N) is 1. The zero-order valence-corrected chi connectivity index (χ0v) is 14.0. The Morgan fingerprint density at radius 2 is 2.14 bits per heavy atom. The molecule has 1 N–H and O–H groups in total. The van der Waals surface area contributed by atoms with Gasteiger partial charge < -0.3 is 10.1 Å². The predicted molar refractivity (Wildman–Crippen MR) is 91.3 cm³/mol. The van der Waals surface area contributed by atoms with Crippen LogP contribution < -0.4 is 10.1 Å². The van der Waals surface area contributed by atoms with Crippen LogP contribution in [0.4, 0.5) is 0 Å². The van der Waals surface area contributed by atoms with Crippen molar-refractivity contribution < 1.29 is 4.74 Å². The molecule has 0 spiro atoms. The molecule has 2 aliphatic rings. The van der Waals surface area contributed by atoms with E-state index in [9.17, 15) is 0 Å². The van der Waals surface area contributed by atoms with Gasteiger partial charge in [0.25, 0.3) is 0 Å². The van der Waals surface area contributed by atoms with Gasteiger partial charge in [0.2, 0.25) is 0 Å². The summed E-state index contributed by atoms with van der Waals surface area (Å²) in [5.74, 6) is 2.36. The van der Waals surface area contributed by atoms with Gasteiger partial charge in [-0.25, -0.2) is 0 Å². The van der Waals surface area contributed by atoms with E-state index >= 15 is 0 Å². The Labute approximate surface area is 133 Å². The normalized spacial score (nSPS) is 28.8. The lowest BCUT2D eigenvalue weighted by atomic mass is 9.98. The highest BCUT2D eigenvalue weighted by atomic mass is 32.2. The lowest BCUT2D eigenvalue weighted by Crippen LogP contribution is -2.37. The maximum Gasteiger partial charge on any atom is 0.126 e. The predicted octanol–water partition coefficient (Wildman–Crippen LogP) is 4.47. The number of ether oxygens (including phenoxy) is 1. The quantitative estimate of drug-likeness (QED) is 0.886. The van der Waals surface area contributed by atoms with Crippen molar-refractivity contribution in [2.24, 2.45) is 0 Å². The van der Waals surface area contributed by atoms with Crippen LogP contribution in [0.3, 0.4) is 0 Å². The van der Waals surface area contributed by atoms with Gasteiger partial charge in [0.05, 0.1) is 6.61 Å². The first kappa shape index (κ1) is 15.2. The van der Waals surface area contributed by atoms with E-state index in [1.54, 1.807) is 0 Å². The second-order valence-corrected chi connectivity index (χ2v) is 7.75. The molecular weight excluding hydrogens is 278 g/mol. The number of hydrogen-bond acceptors (Lipinski definition) is 3. The van der Waals surface area contributed by atoms with Crippen molar-refractivity contribution in [2.45, 2.75) is 63.3 Å². The molecule has 1 saturated carbocycles. The number of thioether (sulfide) groups is 1. The van der Waals surface area contributed by atoms with E-state index < -0.39 is 0 Å². The SMILES string of the molecule is CCSC1CCCC1NC1CCCOc2c(C)cccc21. The molecule has 21 heavy (non-hydrogen) atoms. The van der Waals surface area contributed by atoms with E-state index in [0.717, 1.165) is 24.0 Å². The number of fused-ring (bicyclic) bond motifs is 1. The van der Waals surface area contributed by atoms with Gasteiger partial charge in [0.15, 0.2) is 0 Å². The molecule has 0 radical (unpaired) electrons. The molecule has 3 rings (SSSR count). The Hall–Kier alpha value is -0.670. The number of rotatable bonds is 4. The van der Waals surface area contributed by atoms with E-state index in [1.807, 2.05) is 0 Å². The van der Waals surface area contributed by atoms with E-state index in [1.165, 1.54) is 42.6 Å². The average Bonchev–Trinajstić information content (AvgIpc) is 2.80. The summed E-state index contributed by atoms with van der Waals surface area (Å²) in [4.78, 5) is 0. The van der Waals surface area contributed by atoms with E-state index in [0.29, 0.717) is 12.1 Å². The topological polar surface area (TPSA) is 21.3 Å². The van der Waals surface area contributed by atoms with Crippen LogP contribution in [0.2, 0.25) is 0 Å². The van der Waals surface area contributed by atoms with Crippen molar-refractivity contribution in [2.75, 3.05) is 12.4 Å². The number of aryl methyl sites for hydroxylation is 1. The number of benzene rings is 1. The van der Waals surface area contributed by atoms with Crippen LogP contribution in [0.1, 0.15) is 56.2 Å². The summed E-state index contributed by atoms with van der Waals surface area (Å²) in [5.41, 5.74) is 2.65. The minimum Gasteiger partial charge on any atom is -0.493 e. The van der Waals surface area contributed by atoms with Crippen molar-refractivity contribution >= 4 is 11.8 Å². The van der Waals surface area contributed by atoms with Gasteiger partial charge in [-0.3, -0.25) is 0 Å². The fraction of sp³-hybridized carbons (Fsp3) is 0.667.